The van der Waals surface area contributed by atoms with Crippen molar-refractivity contribution < 1.29 is 9.53 Å². The predicted molar refractivity (Wildman–Crippen MR) is 51.1 cm³/mol. The van der Waals surface area contributed by atoms with Crippen LogP contribution in [0, 0.1) is 5.41 Å². The van der Waals surface area contributed by atoms with Crippen LogP contribution in [0.25, 0.3) is 0 Å². The van der Waals surface area contributed by atoms with E-state index in [1.54, 1.807) is 0 Å². The first-order valence-electron chi connectivity index (χ1n) is 5.21. The van der Waals surface area contributed by atoms with Gasteiger partial charge < -0.3 is 4.74 Å². The van der Waals surface area contributed by atoms with Crippen LogP contribution in [0.2, 0.25) is 0 Å². The summed E-state index contributed by atoms with van der Waals surface area (Å²) in [7, 11) is 1.38. The molecule has 1 heterocycles. The zero-order chi connectivity index (χ0) is 10.5. The summed E-state index contributed by atoms with van der Waals surface area (Å²) in [5, 5.41) is 8.03. The Morgan fingerprint density at radius 2 is 2.53 bits per heavy atom. The molecule has 5 heteroatoms. The van der Waals surface area contributed by atoms with Gasteiger partial charge in [-0.3, -0.25) is 4.79 Å². The van der Waals surface area contributed by atoms with E-state index in [0.29, 0.717) is 17.2 Å². The molecule has 0 radical (unpaired) electrons. The monoisotopic (exact) mass is 207 g/mol. The molecule has 2 fully saturated rings. The fourth-order valence-electron chi connectivity index (χ4n) is 2.16. The number of hydrogen-bond acceptors (Lipinski definition) is 4. The summed E-state index contributed by atoms with van der Waals surface area (Å²) in [4.78, 5) is 11.0. The molecule has 1 aromatic heterocycles. The highest BCUT2D eigenvalue weighted by atomic mass is 16.5. The van der Waals surface area contributed by atoms with E-state index in [1.807, 2.05) is 10.9 Å². The number of carbonyl (C=O) groups excluding carboxylic acids is 1. The minimum absolute atomic E-state index is 0.218. The molecule has 0 N–H and O–H groups in total. The number of ether oxygens (including phenoxy) is 1. The summed E-state index contributed by atoms with van der Waals surface area (Å²) in [6.45, 7) is 0. The van der Waals surface area contributed by atoms with Crippen molar-refractivity contribution in [3.8, 4) is 0 Å². The second-order valence-electron chi connectivity index (χ2n) is 4.53. The highest BCUT2D eigenvalue weighted by Crippen LogP contribution is 2.72. The molecular formula is C10H13N3O2. The van der Waals surface area contributed by atoms with Gasteiger partial charge in [0.2, 0.25) is 0 Å². The Labute approximate surface area is 87.4 Å². The van der Waals surface area contributed by atoms with E-state index >= 15 is 0 Å². The maximum absolute atomic E-state index is 11.0. The highest BCUT2D eigenvalue weighted by Gasteiger charge is 2.64. The Bertz CT molecular complexity index is 409. The molecule has 0 aliphatic heterocycles. The standard InChI is InChI=1S/C10H13N3O2/c1-15-9(14)4-7-6-13(12-11-7)8-5-10(8)2-3-10/h6,8H,2-5H2,1H3. The number of nitrogens with zero attached hydrogens (tertiary/aromatic N) is 3. The third kappa shape index (κ3) is 1.42. The molecule has 0 bridgehead atoms. The molecule has 1 spiro atoms. The molecule has 80 valence electrons. The van der Waals surface area contributed by atoms with Gasteiger partial charge in [0, 0.05) is 6.20 Å². The van der Waals surface area contributed by atoms with Gasteiger partial charge in [-0.2, -0.15) is 0 Å². The molecule has 2 saturated carbocycles. The van der Waals surface area contributed by atoms with E-state index in [1.165, 1.54) is 26.4 Å². The second kappa shape index (κ2) is 2.81. The van der Waals surface area contributed by atoms with Crippen LogP contribution < -0.4 is 0 Å². The lowest BCUT2D eigenvalue weighted by Gasteiger charge is -1.95. The molecule has 0 aromatic carbocycles. The van der Waals surface area contributed by atoms with Crippen molar-refractivity contribution in [1.82, 2.24) is 15.0 Å². The molecule has 2 aliphatic rings. The highest BCUT2D eigenvalue weighted by molar-refractivity contribution is 5.71. The molecule has 1 atom stereocenters. The Balaban J connectivity index is 1.68. The fraction of sp³-hybridized carbons (Fsp3) is 0.700. The average molecular weight is 207 g/mol. The summed E-state index contributed by atoms with van der Waals surface area (Å²) in [6, 6.07) is 0.538. The Morgan fingerprint density at radius 1 is 1.73 bits per heavy atom. The van der Waals surface area contributed by atoms with Gasteiger partial charge in [-0.05, 0) is 24.7 Å². The van der Waals surface area contributed by atoms with Crippen molar-refractivity contribution in [2.45, 2.75) is 31.7 Å². The average Bonchev–Trinajstić information content (AvgIpc) is 3.12. The fourth-order valence-corrected chi connectivity index (χ4v) is 2.16. The van der Waals surface area contributed by atoms with Crippen LogP contribution in [0.1, 0.15) is 31.0 Å². The van der Waals surface area contributed by atoms with E-state index < -0.39 is 0 Å². The molecule has 15 heavy (non-hydrogen) atoms. The second-order valence-corrected chi connectivity index (χ2v) is 4.53. The minimum atomic E-state index is -0.265. The van der Waals surface area contributed by atoms with Crippen LogP contribution in [0.4, 0.5) is 0 Å². The van der Waals surface area contributed by atoms with E-state index in [-0.39, 0.29) is 12.4 Å². The van der Waals surface area contributed by atoms with E-state index in [0.717, 1.165) is 0 Å². The SMILES string of the molecule is COC(=O)Cc1cn(C2CC23CC3)nn1. The number of esters is 1. The topological polar surface area (TPSA) is 57.0 Å². The third-order valence-corrected chi connectivity index (χ3v) is 3.47. The number of rotatable bonds is 3. The minimum Gasteiger partial charge on any atom is -0.469 e. The quantitative estimate of drug-likeness (QED) is 0.685. The van der Waals surface area contributed by atoms with Gasteiger partial charge in [0.05, 0.1) is 25.3 Å². The predicted octanol–water partition coefficient (Wildman–Crippen LogP) is 0.719. The maximum Gasteiger partial charge on any atom is 0.311 e. The van der Waals surface area contributed by atoms with Crippen LogP contribution in [0.5, 0.6) is 0 Å². The molecule has 1 aromatic rings. The molecule has 1 unspecified atom stereocenters. The van der Waals surface area contributed by atoms with Gasteiger partial charge >= 0.3 is 5.97 Å². The molecule has 2 aliphatic carbocycles. The molecule has 3 rings (SSSR count). The zero-order valence-corrected chi connectivity index (χ0v) is 8.64. The lowest BCUT2D eigenvalue weighted by Crippen LogP contribution is -2.04. The van der Waals surface area contributed by atoms with Gasteiger partial charge in [0.25, 0.3) is 0 Å². The van der Waals surface area contributed by atoms with Crippen molar-refractivity contribution in [1.29, 1.82) is 0 Å². The summed E-state index contributed by atoms with van der Waals surface area (Å²) in [5.41, 5.74) is 1.26. The van der Waals surface area contributed by atoms with E-state index in [2.05, 4.69) is 15.0 Å². The number of aromatic nitrogens is 3. The number of methoxy groups -OCH3 is 1. The van der Waals surface area contributed by atoms with Gasteiger partial charge in [-0.1, -0.05) is 5.21 Å². The molecule has 5 nitrogen and oxygen atoms in total. The summed E-state index contributed by atoms with van der Waals surface area (Å²) in [5.74, 6) is -0.265. The molecule has 0 amide bonds. The van der Waals surface area contributed by atoms with Gasteiger partial charge in [0.1, 0.15) is 0 Å². The lowest BCUT2D eigenvalue weighted by atomic mass is 10.3. The maximum atomic E-state index is 11.0. The molecule has 0 saturated heterocycles. The summed E-state index contributed by atoms with van der Waals surface area (Å²) >= 11 is 0. The largest absolute Gasteiger partial charge is 0.469 e. The normalized spacial score (nSPS) is 25.3. The Morgan fingerprint density at radius 3 is 3.13 bits per heavy atom. The smallest absolute Gasteiger partial charge is 0.311 e. The van der Waals surface area contributed by atoms with Crippen molar-refractivity contribution >= 4 is 5.97 Å². The first kappa shape index (κ1) is 8.88. The van der Waals surface area contributed by atoms with Crippen LogP contribution in [-0.2, 0) is 16.0 Å². The van der Waals surface area contributed by atoms with Crippen molar-refractivity contribution in [3.63, 3.8) is 0 Å². The Kier molecular flexibility index (Phi) is 1.66. The number of hydrogen-bond donors (Lipinski definition) is 0. The molecular weight excluding hydrogens is 194 g/mol. The van der Waals surface area contributed by atoms with Gasteiger partial charge in [-0.15, -0.1) is 5.10 Å². The Hall–Kier alpha value is -1.39. The van der Waals surface area contributed by atoms with Crippen molar-refractivity contribution in [2.75, 3.05) is 7.11 Å². The number of carbonyl (C=O) groups is 1. The lowest BCUT2D eigenvalue weighted by molar-refractivity contribution is -0.139. The third-order valence-electron chi connectivity index (χ3n) is 3.47. The van der Waals surface area contributed by atoms with Crippen LogP contribution in [-0.4, -0.2) is 28.1 Å². The van der Waals surface area contributed by atoms with Crippen LogP contribution in [0.3, 0.4) is 0 Å². The van der Waals surface area contributed by atoms with E-state index in [9.17, 15) is 4.79 Å². The van der Waals surface area contributed by atoms with Crippen LogP contribution >= 0.6 is 0 Å². The van der Waals surface area contributed by atoms with Gasteiger partial charge in [-0.25, -0.2) is 4.68 Å². The summed E-state index contributed by atoms with van der Waals surface area (Å²) < 4.78 is 6.48. The first-order chi connectivity index (χ1) is 7.23. The van der Waals surface area contributed by atoms with Crippen LogP contribution in [0.15, 0.2) is 6.20 Å². The van der Waals surface area contributed by atoms with E-state index in [4.69, 9.17) is 0 Å². The van der Waals surface area contributed by atoms with Crippen molar-refractivity contribution in [2.24, 2.45) is 5.41 Å². The van der Waals surface area contributed by atoms with Crippen molar-refractivity contribution in [3.05, 3.63) is 11.9 Å². The zero-order valence-electron chi connectivity index (χ0n) is 8.64. The van der Waals surface area contributed by atoms with Gasteiger partial charge in [0.15, 0.2) is 0 Å². The summed E-state index contributed by atoms with van der Waals surface area (Å²) in [6.07, 6.45) is 5.96. The first-order valence-corrected chi connectivity index (χ1v) is 5.21.